The molecular formula is C32H38N6O2. The molecule has 0 saturated heterocycles. The molecule has 0 spiro atoms. The Morgan fingerprint density at radius 3 is 2.62 bits per heavy atom. The maximum atomic E-state index is 12.5. The van der Waals surface area contributed by atoms with Crippen molar-refractivity contribution in [2.24, 2.45) is 0 Å². The van der Waals surface area contributed by atoms with Gasteiger partial charge in [0.25, 0.3) is 5.91 Å². The normalized spacial score (nSPS) is 15.4. The molecule has 0 bridgehead atoms. The summed E-state index contributed by atoms with van der Waals surface area (Å²) in [6, 6.07) is 15.5. The van der Waals surface area contributed by atoms with Crippen LogP contribution in [0.5, 0.6) is 0 Å². The molecule has 5 rings (SSSR count). The Morgan fingerprint density at radius 2 is 1.88 bits per heavy atom. The molecule has 1 aliphatic carbocycles. The molecule has 1 aromatic heterocycles. The van der Waals surface area contributed by atoms with Crippen LogP contribution in [0.2, 0.25) is 0 Å². The van der Waals surface area contributed by atoms with Gasteiger partial charge in [0.2, 0.25) is 5.95 Å². The molecule has 1 amide bonds. The molecule has 8 nitrogen and oxygen atoms in total. The lowest BCUT2D eigenvalue weighted by molar-refractivity contribution is 0.0948. The summed E-state index contributed by atoms with van der Waals surface area (Å²) in [5, 5.41) is 16.9. The van der Waals surface area contributed by atoms with Crippen molar-refractivity contribution in [2.45, 2.75) is 51.6 Å². The lowest BCUT2D eigenvalue weighted by Crippen LogP contribution is -2.34. The van der Waals surface area contributed by atoms with E-state index in [4.69, 9.17) is 4.98 Å². The number of aromatic nitrogens is 2. The van der Waals surface area contributed by atoms with Gasteiger partial charge < -0.3 is 25.5 Å². The van der Waals surface area contributed by atoms with Gasteiger partial charge in [0.1, 0.15) is 11.4 Å². The number of anilines is 4. The quantitative estimate of drug-likeness (QED) is 0.342. The van der Waals surface area contributed by atoms with E-state index in [9.17, 15) is 9.90 Å². The fraction of sp³-hybridized carbons (Fsp3) is 0.406. The molecule has 0 atom stereocenters. The van der Waals surface area contributed by atoms with Crippen molar-refractivity contribution in [3.05, 3.63) is 71.4 Å². The van der Waals surface area contributed by atoms with E-state index >= 15 is 0 Å². The summed E-state index contributed by atoms with van der Waals surface area (Å²) in [7, 11) is 0. The second-order valence-electron chi connectivity index (χ2n) is 10.5. The van der Waals surface area contributed by atoms with Gasteiger partial charge in [0.15, 0.2) is 0 Å². The zero-order valence-electron chi connectivity index (χ0n) is 23.4. The number of aliphatic hydroxyl groups is 1. The topological polar surface area (TPSA) is 93.6 Å². The number of benzene rings is 2. The van der Waals surface area contributed by atoms with E-state index in [1.807, 2.05) is 24.3 Å². The summed E-state index contributed by atoms with van der Waals surface area (Å²) >= 11 is 0. The summed E-state index contributed by atoms with van der Waals surface area (Å²) in [5.74, 6) is 7.53. The van der Waals surface area contributed by atoms with Gasteiger partial charge in [-0.2, -0.15) is 4.98 Å². The second kappa shape index (κ2) is 12.5. The van der Waals surface area contributed by atoms with Crippen LogP contribution in [-0.4, -0.2) is 64.2 Å². The van der Waals surface area contributed by atoms with Crippen LogP contribution in [0, 0.1) is 11.8 Å². The fourth-order valence-electron chi connectivity index (χ4n) is 5.33. The number of amides is 1. The molecule has 1 fully saturated rings. The molecular weight excluding hydrogens is 500 g/mol. The second-order valence-corrected chi connectivity index (χ2v) is 10.5. The Balaban J connectivity index is 1.24. The van der Waals surface area contributed by atoms with Crippen LogP contribution in [0.15, 0.2) is 54.7 Å². The van der Waals surface area contributed by atoms with Gasteiger partial charge in [0, 0.05) is 48.3 Å². The van der Waals surface area contributed by atoms with Crippen LogP contribution in [0.4, 0.5) is 23.1 Å². The highest BCUT2D eigenvalue weighted by molar-refractivity contribution is 5.94. The molecule has 0 radical (unpaired) electrons. The minimum atomic E-state index is -0.848. The Bertz CT molecular complexity index is 1380. The molecule has 1 saturated carbocycles. The minimum absolute atomic E-state index is 0.0777. The van der Waals surface area contributed by atoms with E-state index in [0.29, 0.717) is 18.1 Å². The molecule has 2 heterocycles. The first-order valence-corrected chi connectivity index (χ1v) is 14.3. The third-order valence-electron chi connectivity index (χ3n) is 7.78. The van der Waals surface area contributed by atoms with Crippen molar-refractivity contribution >= 4 is 29.0 Å². The summed E-state index contributed by atoms with van der Waals surface area (Å²) in [4.78, 5) is 26.2. The Kier molecular flexibility index (Phi) is 8.63. The zero-order valence-corrected chi connectivity index (χ0v) is 23.4. The van der Waals surface area contributed by atoms with Crippen molar-refractivity contribution < 1.29 is 9.90 Å². The SMILES string of the molecule is CCN(CC)CCNC(=O)c1ccc(Nc2nccc(N3CCc4ccc(C#CC5(O)CCCC5)cc43)n2)cc1. The molecule has 40 heavy (non-hydrogen) atoms. The first kappa shape index (κ1) is 27.6. The van der Waals surface area contributed by atoms with Crippen LogP contribution in [0.25, 0.3) is 0 Å². The third-order valence-corrected chi connectivity index (χ3v) is 7.78. The van der Waals surface area contributed by atoms with Gasteiger partial charge in [-0.25, -0.2) is 4.98 Å². The van der Waals surface area contributed by atoms with Crippen LogP contribution >= 0.6 is 0 Å². The highest BCUT2D eigenvalue weighted by Crippen LogP contribution is 2.35. The average molecular weight is 539 g/mol. The first-order chi connectivity index (χ1) is 19.5. The number of carbonyl (C=O) groups excluding carboxylic acids is 1. The van der Waals surface area contributed by atoms with Crippen molar-refractivity contribution in [3.8, 4) is 11.8 Å². The summed E-state index contributed by atoms with van der Waals surface area (Å²) in [6.07, 6.45) is 6.24. The van der Waals surface area contributed by atoms with Gasteiger partial charge in [-0.1, -0.05) is 31.8 Å². The van der Waals surface area contributed by atoms with Crippen LogP contribution < -0.4 is 15.5 Å². The van der Waals surface area contributed by atoms with E-state index in [-0.39, 0.29) is 5.91 Å². The van der Waals surface area contributed by atoms with Gasteiger partial charge in [-0.05, 0) is 93.2 Å². The molecule has 3 N–H and O–H groups in total. The highest BCUT2D eigenvalue weighted by atomic mass is 16.3. The van der Waals surface area contributed by atoms with Gasteiger partial charge in [0.05, 0.1) is 0 Å². The van der Waals surface area contributed by atoms with E-state index in [2.05, 4.69) is 63.2 Å². The minimum Gasteiger partial charge on any atom is -0.378 e. The van der Waals surface area contributed by atoms with Crippen LogP contribution in [0.1, 0.15) is 61.0 Å². The Hall–Kier alpha value is -3.93. The number of nitrogens with one attached hydrogen (secondary N) is 2. The maximum Gasteiger partial charge on any atom is 0.251 e. The zero-order chi connectivity index (χ0) is 28.0. The summed E-state index contributed by atoms with van der Waals surface area (Å²) in [5.41, 5.74) is 3.82. The first-order valence-electron chi connectivity index (χ1n) is 14.3. The summed E-state index contributed by atoms with van der Waals surface area (Å²) < 4.78 is 0. The molecule has 208 valence electrons. The Morgan fingerprint density at radius 1 is 1.10 bits per heavy atom. The largest absolute Gasteiger partial charge is 0.378 e. The third kappa shape index (κ3) is 6.61. The molecule has 2 aliphatic rings. The number of carbonyl (C=O) groups is 1. The number of hydrogen-bond donors (Lipinski definition) is 3. The maximum absolute atomic E-state index is 12.5. The van der Waals surface area contributed by atoms with E-state index in [1.54, 1.807) is 18.3 Å². The van der Waals surface area contributed by atoms with Gasteiger partial charge >= 0.3 is 0 Å². The fourth-order valence-corrected chi connectivity index (χ4v) is 5.33. The Labute approximate surface area is 236 Å². The van der Waals surface area contributed by atoms with Gasteiger partial charge in [-0.3, -0.25) is 4.79 Å². The molecule has 3 aromatic rings. The van der Waals surface area contributed by atoms with Crippen molar-refractivity contribution in [2.75, 3.05) is 42.9 Å². The predicted molar refractivity (Wildman–Crippen MR) is 159 cm³/mol. The number of hydrogen-bond acceptors (Lipinski definition) is 7. The van der Waals surface area contributed by atoms with Crippen molar-refractivity contribution in [1.29, 1.82) is 0 Å². The lowest BCUT2D eigenvalue weighted by Gasteiger charge is -2.19. The van der Waals surface area contributed by atoms with Crippen molar-refractivity contribution in [3.63, 3.8) is 0 Å². The number of likely N-dealkylation sites (N-methyl/N-ethyl adjacent to an activating group) is 1. The van der Waals surface area contributed by atoms with Crippen molar-refractivity contribution in [1.82, 2.24) is 20.2 Å². The predicted octanol–water partition coefficient (Wildman–Crippen LogP) is 4.64. The standard InChI is InChI=1S/C32H38N6O2/c1-3-37(4-2)22-20-33-30(39)26-9-11-27(12-10-26)35-31-34-19-14-29(36-31)38-21-15-25-8-7-24(23-28(25)38)13-18-32(40)16-5-6-17-32/h7-12,14,19,23,40H,3-6,15-17,20-22H2,1-2H3,(H,33,39)(H,34,35,36). The molecule has 0 unspecified atom stereocenters. The lowest BCUT2D eigenvalue weighted by atomic mass is 10.0. The van der Waals surface area contributed by atoms with E-state index in [0.717, 1.165) is 81.0 Å². The van der Waals surface area contributed by atoms with Crippen LogP contribution in [-0.2, 0) is 6.42 Å². The van der Waals surface area contributed by atoms with Crippen LogP contribution in [0.3, 0.4) is 0 Å². The molecule has 1 aliphatic heterocycles. The van der Waals surface area contributed by atoms with Gasteiger partial charge in [-0.15, -0.1) is 0 Å². The summed E-state index contributed by atoms with van der Waals surface area (Å²) in [6.45, 7) is 8.48. The monoisotopic (exact) mass is 538 g/mol. The number of nitrogens with zero attached hydrogens (tertiary/aromatic N) is 4. The number of rotatable bonds is 9. The molecule has 8 heteroatoms. The van der Waals surface area contributed by atoms with E-state index < -0.39 is 5.60 Å². The number of fused-ring (bicyclic) bond motifs is 1. The highest BCUT2D eigenvalue weighted by Gasteiger charge is 2.28. The molecule has 2 aromatic carbocycles. The average Bonchev–Trinajstić information content (AvgIpc) is 3.61. The van der Waals surface area contributed by atoms with E-state index in [1.165, 1.54) is 5.56 Å². The smallest absolute Gasteiger partial charge is 0.251 e.